The second-order valence-corrected chi connectivity index (χ2v) is 6.89. The van der Waals surface area contributed by atoms with Gasteiger partial charge in [-0.1, -0.05) is 23.9 Å². The van der Waals surface area contributed by atoms with E-state index in [1.165, 1.54) is 11.8 Å². The van der Waals surface area contributed by atoms with Crippen LogP contribution in [0.3, 0.4) is 0 Å². The van der Waals surface area contributed by atoms with Crippen LogP contribution in [0, 0.1) is 27.7 Å². The molecule has 3 rings (SSSR count). The van der Waals surface area contributed by atoms with Crippen LogP contribution in [-0.4, -0.2) is 31.7 Å². The third-order valence-electron chi connectivity index (χ3n) is 4.22. The highest BCUT2D eigenvalue weighted by Gasteiger charge is 2.16. The molecule has 0 radical (unpaired) electrons. The molecule has 25 heavy (non-hydrogen) atoms. The van der Waals surface area contributed by atoms with E-state index in [1.54, 1.807) is 4.52 Å². The Labute approximate surface area is 151 Å². The molecule has 0 saturated heterocycles. The van der Waals surface area contributed by atoms with Gasteiger partial charge in [-0.15, -0.1) is 5.10 Å². The SMILES string of the molecule is CSc1nc2nc(C)c(CC(=O)Nc3cc(C)ccc3C)c(C)n2n1. The number of nitrogens with one attached hydrogen (secondary N) is 1. The lowest BCUT2D eigenvalue weighted by atomic mass is 10.1. The molecular formula is C18H21N5OS. The van der Waals surface area contributed by atoms with Crippen LogP contribution >= 0.6 is 11.8 Å². The minimum Gasteiger partial charge on any atom is -0.326 e. The molecule has 7 heteroatoms. The van der Waals surface area contributed by atoms with Gasteiger partial charge >= 0.3 is 0 Å². The molecule has 1 amide bonds. The molecule has 0 aliphatic rings. The van der Waals surface area contributed by atoms with Crippen molar-refractivity contribution in [2.45, 2.75) is 39.3 Å². The Morgan fingerprint density at radius 2 is 1.96 bits per heavy atom. The van der Waals surface area contributed by atoms with E-state index in [0.717, 1.165) is 33.8 Å². The number of rotatable bonds is 4. The summed E-state index contributed by atoms with van der Waals surface area (Å²) < 4.78 is 1.71. The van der Waals surface area contributed by atoms with Gasteiger partial charge in [-0.25, -0.2) is 9.50 Å². The van der Waals surface area contributed by atoms with Gasteiger partial charge in [0.05, 0.1) is 6.42 Å². The summed E-state index contributed by atoms with van der Waals surface area (Å²) in [6.07, 6.45) is 2.18. The summed E-state index contributed by atoms with van der Waals surface area (Å²) in [5.41, 5.74) is 5.59. The third kappa shape index (κ3) is 3.51. The Morgan fingerprint density at radius 3 is 2.68 bits per heavy atom. The average Bonchev–Trinajstić information content (AvgIpc) is 2.98. The number of fused-ring (bicyclic) bond motifs is 1. The molecule has 0 atom stereocenters. The molecule has 0 fully saturated rings. The van der Waals surface area contributed by atoms with Crippen LogP contribution < -0.4 is 5.32 Å². The molecule has 0 aliphatic carbocycles. The molecule has 2 aromatic heterocycles. The van der Waals surface area contributed by atoms with Gasteiger partial charge in [0, 0.05) is 22.6 Å². The molecular weight excluding hydrogens is 334 g/mol. The number of amides is 1. The number of benzene rings is 1. The first kappa shape index (κ1) is 17.4. The first-order chi connectivity index (χ1) is 11.9. The maximum absolute atomic E-state index is 12.6. The van der Waals surface area contributed by atoms with Crippen molar-refractivity contribution in [3.05, 3.63) is 46.3 Å². The Kier molecular flexibility index (Phi) is 4.76. The van der Waals surface area contributed by atoms with Gasteiger partial charge in [-0.05, 0) is 51.1 Å². The van der Waals surface area contributed by atoms with E-state index in [1.807, 2.05) is 52.1 Å². The van der Waals surface area contributed by atoms with E-state index in [2.05, 4.69) is 20.4 Å². The van der Waals surface area contributed by atoms with Crippen LogP contribution in [0.5, 0.6) is 0 Å². The molecule has 130 valence electrons. The fraction of sp³-hybridized carbons (Fsp3) is 0.333. The van der Waals surface area contributed by atoms with Gasteiger partial charge < -0.3 is 5.32 Å². The Balaban J connectivity index is 1.89. The first-order valence-corrected chi connectivity index (χ1v) is 9.25. The quantitative estimate of drug-likeness (QED) is 0.727. The van der Waals surface area contributed by atoms with E-state index < -0.39 is 0 Å². The van der Waals surface area contributed by atoms with Crippen molar-refractivity contribution >= 4 is 29.1 Å². The van der Waals surface area contributed by atoms with Crippen molar-refractivity contribution in [1.82, 2.24) is 19.6 Å². The Morgan fingerprint density at radius 1 is 1.20 bits per heavy atom. The highest BCUT2D eigenvalue weighted by atomic mass is 32.2. The maximum atomic E-state index is 12.6. The molecule has 3 aromatic rings. The van der Waals surface area contributed by atoms with Crippen molar-refractivity contribution < 1.29 is 4.79 Å². The van der Waals surface area contributed by atoms with E-state index in [4.69, 9.17) is 0 Å². The van der Waals surface area contributed by atoms with Gasteiger partial charge in [0.15, 0.2) is 0 Å². The monoisotopic (exact) mass is 355 g/mol. The van der Waals surface area contributed by atoms with Crippen molar-refractivity contribution in [3.8, 4) is 0 Å². The van der Waals surface area contributed by atoms with Crippen LogP contribution in [0.4, 0.5) is 5.69 Å². The summed E-state index contributed by atoms with van der Waals surface area (Å²) in [5, 5.41) is 8.10. The fourth-order valence-corrected chi connectivity index (χ4v) is 3.09. The standard InChI is InChI=1S/C18H21N5OS/c1-10-6-7-11(2)15(8-10)20-16(24)9-14-12(3)19-17-21-18(25-5)22-23(17)13(14)4/h6-8H,9H2,1-5H3,(H,20,24). The smallest absolute Gasteiger partial charge is 0.253 e. The Hall–Kier alpha value is -2.41. The topological polar surface area (TPSA) is 72.2 Å². The van der Waals surface area contributed by atoms with E-state index in [9.17, 15) is 4.79 Å². The van der Waals surface area contributed by atoms with Crippen LogP contribution in [-0.2, 0) is 11.2 Å². The van der Waals surface area contributed by atoms with E-state index >= 15 is 0 Å². The number of carbonyl (C=O) groups excluding carboxylic acids is 1. The van der Waals surface area contributed by atoms with Crippen LogP contribution in [0.1, 0.15) is 28.1 Å². The molecule has 1 aromatic carbocycles. The molecule has 2 heterocycles. The highest BCUT2D eigenvalue weighted by Crippen LogP contribution is 2.19. The predicted molar refractivity (Wildman–Crippen MR) is 100 cm³/mol. The van der Waals surface area contributed by atoms with Crippen LogP contribution in [0.25, 0.3) is 5.78 Å². The molecule has 6 nitrogen and oxygen atoms in total. The van der Waals surface area contributed by atoms with Crippen molar-refractivity contribution in [2.24, 2.45) is 0 Å². The second kappa shape index (κ2) is 6.84. The van der Waals surface area contributed by atoms with Gasteiger partial charge in [-0.3, -0.25) is 4.79 Å². The molecule has 0 aliphatic heterocycles. The molecule has 0 spiro atoms. The van der Waals surface area contributed by atoms with Crippen LogP contribution in [0.2, 0.25) is 0 Å². The van der Waals surface area contributed by atoms with Gasteiger partial charge in [0.2, 0.25) is 11.1 Å². The van der Waals surface area contributed by atoms with Crippen molar-refractivity contribution in [1.29, 1.82) is 0 Å². The van der Waals surface area contributed by atoms with Gasteiger partial charge in [0.1, 0.15) is 0 Å². The average molecular weight is 355 g/mol. The zero-order valence-corrected chi connectivity index (χ0v) is 15.9. The molecule has 0 bridgehead atoms. The summed E-state index contributed by atoms with van der Waals surface area (Å²) in [5.74, 6) is 0.504. The summed E-state index contributed by atoms with van der Waals surface area (Å²) in [4.78, 5) is 21.4. The summed E-state index contributed by atoms with van der Waals surface area (Å²) in [6.45, 7) is 7.84. The maximum Gasteiger partial charge on any atom is 0.253 e. The lowest BCUT2D eigenvalue weighted by Crippen LogP contribution is -2.18. The largest absolute Gasteiger partial charge is 0.326 e. The minimum atomic E-state index is -0.0637. The number of carbonyl (C=O) groups is 1. The normalized spacial score (nSPS) is 11.1. The number of aromatic nitrogens is 4. The number of aryl methyl sites for hydroxylation is 4. The minimum absolute atomic E-state index is 0.0637. The third-order valence-corrected chi connectivity index (χ3v) is 4.75. The Bertz CT molecular complexity index is 964. The highest BCUT2D eigenvalue weighted by molar-refractivity contribution is 7.98. The van der Waals surface area contributed by atoms with Crippen molar-refractivity contribution in [3.63, 3.8) is 0 Å². The number of hydrogen-bond acceptors (Lipinski definition) is 5. The number of anilines is 1. The zero-order chi connectivity index (χ0) is 18.1. The number of hydrogen-bond donors (Lipinski definition) is 1. The summed E-state index contributed by atoms with van der Waals surface area (Å²) in [6, 6.07) is 6.02. The summed E-state index contributed by atoms with van der Waals surface area (Å²) >= 11 is 1.47. The number of thioether (sulfide) groups is 1. The predicted octanol–water partition coefficient (Wildman–Crippen LogP) is 3.26. The van der Waals surface area contributed by atoms with E-state index in [0.29, 0.717) is 10.9 Å². The van der Waals surface area contributed by atoms with Crippen LogP contribution in [0.15, 0.2) is 23.4 Å². The van der Waals surface area contributed by atoms with E-state index in [-0.39, 0.29) is 12.3 Å². The zero-order valence-electron chi connectivity index (χ0n) is 15.0. The fourth-order valence-electron chi connectivity index (χ4n) is 2.76. The first-order valence-electron chi connectivity index (χ1n) is 8.03. The lowest BCUT2D eigenvalue weighted by molar-refractivity contribution is -0.115. The molecule has 1 N–H and O–H groups in total. The lowest BCUT2D eigenvalue weighted by Gasteiger charge is -2.12. The second-order valence-electron chi connectivity index (χ2n) is 6.11. The summed E-state index contributed by atoms with van der Waals surface area (Å²) in [7, 11) is 0. The molecule has 0 unspecified atom stereocenters. The molecule has 0 saturated carbocycles. The van der Waals surface area contributed by atoms with Crippen molar-refractivity contribution in [2.75, 3.05) is 11.6 Å². The van der Waals surface area contributed by atoms with Gasteiger partial charge in [-0.2, -0.15) is 4.98 Å². The number of nitrogens with zero attached hydrogens (tertiary/aromatic N) is 4. The van der Waals surface area contributed by atoms with Gasteiger partial charge in [0.25, 0.3) is 5.78 Å².